The number of hydrogen-bond donors (Lipinski definition) is 2. The van der Waals surface area contributed by atoms with E-state index in [9.17, 15) is 15.0 Å². The summed E-state index contributed by atoms with van der Waals surface area (Å²) in [6.07, 6.45) is -6.28. The lowest BCUT2D eigenvalue weighted by Crippen LogP contribution is -2.62. The summed E-state index contributed by atoms with van der Waals surface area (Å²) in [5, 5.41) is 19.9. The number of carbonyl (C=O) groups is 1. The van der Waals surface area contributed by atoms with Crippen molar-refractivity contribution in [1.29, 1.82) is 0 Å². The smallest absolute Gasteiger partial charge is 0.254 e. The number of methoxy groups -OCH3 is 2. The topological polar surface area (TPSA) is 107 Å². The summed E-state index contributed by atoms with van der Waals surface area (Å²) >= 11 is 0. The number of nitrogens with zero attached hydrogens (tertiary/aromatic N) is 1. The molecule has 2 fully saturated rings. The number of carbonyl (C=O) groups excluding carboxylic acids is 1. The third-order valence-electron chi connectivity index (χ3n) is 3.78. The van der Waals surface area contributed by atoms with Crippen LogP contribution in [0.15, 0.2) is 0 Å². The molecule has 1 amide bonds. The predicted octanol–water partition coefficient (Wildman–Crippen LogP) is -2.07. The van der Waals surface area contributed by atoms with Gasteiger partial charge in [-0.15, -0.1) is 0 Å². The van der Waals surface area contributed by atoms with Gasteiger partial charge in [0.05, 0.1) is 19.8 Å². The Morgan fingerprint density at radius 2 is 1.82 bits per heavy atom. The van der Waals surface area contributed by atoms with Gasteiger partial charge >= 0.3 is 0 Å². The average molecular weight is 321 g/mol. The fourth-order valence-corrected chi connectivity index (χ4v) is 2.54. The Bertz CT molecular complexity index is 375. The van der Waals surface area contributed by atoms with Gasteiger partial charge in [-0.2, -0.15) is 0 Å². The molecule has 128 valence electrons. The van der Waals surface area contributed by atoms with Crippen molar-refractivity contribution in [2.75, 3.05) is 41.0 Å². The molecule has 0 spiro atoms. The second-order valence-electron chi connectivity index (χ2n) is 5.23. The highest BCUT2D eigenvalue weighted by Gasteiger charge is 2.48. The summed E-state index contributed by atoms with van der Waals surface area (Å²) in [6.45, 7) is 1.21. The molecule has 0 saturated carbocycles. The Hall–Kier alpha value is -0.810. The lowest BCUT2D eigenvalue weighted by Gasteiger charge is -2.41. The minimum absolute atomic E-state index is 0.228. The van der Waals surface area contributed by atoms with Crippen molar-refractivity contribution in [3.8, 4) is 0 Å². The number of rotatable bonds is 5. The molecule has 0 aromatic heterocycles. The first-order chi connectivity index (χ1) is 10.5. The standard InChI is InChI=1S/C13H23NO8/c1-14(6-7-20-4-5-21-7)12(17)11-10(18-2)8(15)9(16)13(19-3)22-11/h7-11,13,15-16H,4-6H2,1-3H3/t8-,9+,10-,11?,13-/m1/s1. The fraction of sp³-hybridized carbons (Fsp3) is 0.923. The van der Waals surface area contributed by atoms with E-state index in [0.29, 0.717) is 13.2 Å². The monoisotopic (exact) mass is 321 g/mol. The van der Waals surface area contributed by atoms with E-state index in [2.05, 4.69) is 0 Å². The van der Waals surface area contributed by atoms with E-state index in [1.165, 1.54) is 19.1 Å². The Morgan fingerprint density at radius 1 is 1.18 bits per heavy atom. The summed E-state index contributed by atoms with van der Waals surface area (Å²) in [7, 11) is 4.22. The molecule has 2 heterocycles. The number of amides is 1. The minimum Gasteiger partial charge on any atom is -0.387 e. The minimum atomic E-state index is -1.30. The molecule has 2 aliphatic heterocycles. The first kappa shape index (κ1) is 17.5. The van der Waals surface area contributed by atoms with E-state index >= 15 is 0 Å². The highest BCUT2D eigenvalue weighted by Crippen LogP contribution is 2.25. The number of hydrogen-bond acceptors (Lipinski definition) is 8. The average Bonchev–Trinajstić information content (AvgIpc) is 3.01. The second kappa shape index (κ2) is 7.64. The number of likely N-dealkylation sites (N-methyl/N-ethyl adjacent to an activating group) is 1. The number of ether oxygens (including phenoxy) is 5. The van der Waals surface area contributed by atoms with Crippen LogP contribution in [0.1, 0.15) is 0 Å². The fourth-order valence-electron chi connectivity index (χ4n) is 2.54. The zero-order valence-corrected chi connectivity index (χ0v) is 12.9. The van der Waals surface area contributed by atoms with E-state index in [0.717, 1.165) is 0 Å². The van der Waals surface area contributed by atoms with Gasteiger partial charge in [0, 0.05) is 21.3 Å². The molecule has 9 nitrogen and oxygen atoms in total. The molecule has 0 aromatic carbocycles. The van der Waals surface area contributed by atoms with Gasteiger partial charge in [0.15, 0.2) is 18.7 Å². The molecule has 2 rings (SSSR count). The van der Waals surface area contributed by atoms with Crippen LogP contribution in [0.3, 0.4) is 0 Å². The van der Waals surface area contributed by atoms with E-state index in [-0.39, 0.29) is 6.54 Å². The van der Waals surface area contributed by atoms with Gasteiger partial charge in [0.1, 0.15) is 18.3 Å². The summed E-state index contributed by atoms with van der Waals surface area (Å²) < 4.78 is 26.1. The molecular formula is C13H23NO8. The maximum Gasteiger partial charge on any atom is 0.254 e. The van der Waals surface area contributed by atoms with Crippen LogP contribution in [-0.4, -0.2) is 99.0 Å². The van der Waals surface area contributed by atoms with Gasteiger partial charge in [-0.05, 0) is 0 Å². The highest BCUT2D eigenvalue weighted by atomic mass is 16.7. The van der Waals surface area contributed by atoms with E-state index in [1.54, 1.807) is 7.05 Å². The van der Waals surface area contributed by atoms with Crippen LogP contribution >= 0.6 is 0 Å². The maximum atomic E-state index is 12.5. The number of aliphatic hydroxyl groups excluding tert-OH is 2. The zero-order valence-electron chi connectivity index (χ0n) is 12.9. The second-order valence-corrected chi connectivity index (χ2v) is 5.23. The van der Waals surface area contributed by atoms with Crippen molar-refractivity contribution in [2.45, 2.75) is 37.0 Å². The molecule has 0 bridgehead atoms. The van der Waals surface area contributed by atoms with Crippen LogP contribution < -0.4 is 0 Å². The largest absolute Gasteiger partial charge is 0.387 e. The van der Waals surface area contributed by atoms with Crippen molar-refractivity contribution in [2.24, 2.45) is 0 Å². The molecule has 5 atom stereocenters. The third kappa shape index (κ3) is 3.57. The highest BCUT2D eigenvalue weighted by molar-refractivity contribution is 5.81. The van der Waals surface area contributed by atoms with Gasteiger partial charge < -0.3 is 38.8 Å². The molecule has 0 aromatic rings. The summed E-state index contributed by atoms with van der Waals surface area (Å²) in [6, 6.07) is 0. The van der Waals surface area contributed by atoms with Gasteiger partial charge in [-0.1, -0.05) is 0 Å². The van der Waals surface area contributed by atoms with Crippen LogP contribution in [0.2, 0.25) is 0 Å². The molecule has 2 aliphatic rings. The van der Waals surface area contributed by atoms with Gasteiger partial charge in [-0.3, -0.25) is 4.79 Å². The molecule has 2 saturated heterocycles. The lowest BCUT2D eigenvalue weighted by atomic mass is 9.97. The van der Waals surface area contributed by atoms with Crippen LogP contribution in [0.5, 0.6) is 0 Å². The summed E-state index contributed by atoms with van der Waals surface area (Å²) in [5.74, 6) is -0.418. The first-order valence-electron chi connectivity index (χ1n) is 7.05. The van der Waals surface area contributed by atoms with Crippen molar-refractivity contribution in [3.05, 3.63) is 0 Å². The SMILES string of the molecule is CO[C@@H]1OC(C(=O)N(C)CC2OCCO2)[C@H](OC)[C@H](O)[C@@H]1O. The molecule has 0 radical (unpaired) electrons. The lowest BCUT2D eigenvalue weighted by molar-refractivity contribution is -0.289. The molecular weight excluding hydrogens is 298 g/mol. The Kier molecular flexibility index (Phi) is 6.09. The van der Waals surface area contributed by atoms with Crippen molar-refractivity contribution < 1.29 is 38.7 Å². The molecule has 9 heteroatoms. The van der Waals surface area contributed by atoms with Crippen molar-refractivity contribution >= 4 is 5.91 Å². The van der Waals surface area contributed by atoms with Gasteiger partial charge in [-0.25, -0.2) is 0 Å². The molecule has 0 aliphatic carbocycles. The van der Waals surface area contributed by atoms with Gasteiger partial charge in [0.25, 0.3) is 5.91 Å². The molecule has 22 heavy (non-hydrogen) atoms. The van der Waals surface area contributed by atoms with Crippen LogP contribution in [-0.2, 0) is 28.5 Å². The van der Waals surface area contributed by atoms with Gasteiger partial charge in [0.2, 0.25) is 0 Å². The predicted molar refractivity (Wildman–Crippen MR) is 71.8 cm³/mol. The summed E-state index contributed by atoms with van der Waals surface area (Å²) in [5.41, 5.74) is 0. The Labute approximate surface area is 128 Å². The molecule has 1 unspecified atom stereocenters. The van der Waals surface area contributed by atoms with E-state index < -0.39 is 42.9 Å². The number of aliphatic hydroxyl groups is 2. The van der Waals surface area contributed by atoms with E-state index in [4.69, 9.17) is 23.7 Å². The summed E-state index contributed by atoms with van der Waals surface area (Å²) in [4.78, 5) is 13.9. The normalized spacial score (nSPS) is 36.5. The van der Waals surface area contributed by atoms with E-state index in [1.807, 2.05) is 0 Å². The quantitative estimate of drug-likeness (QED) is 0.594. The van der Waals surface area contributed by atoms with Crippen LogP contribution in [0.25, 0.3) is 0 Å². The molecule has 2 N–H and O–H groups in total. The maximum absolute atomic E-state index is 12.5. The Morgan fingerprint density at radius 3 is 2.36 bits per heavy atom. The van der Waals surface area contributed by atoms with Crippen LogP contribution in [0, 0.1) is 0 Å². The first-order valence-corrected chi connectivity index (χ1v) is 7.05. The van der Waals surface area contributed by atoms with Crippen molar-refractivity contribution in [1.82, 2.24) is 4.90 Å². The Balaban J connectivity index is 2.04. The third-order valence-corrected chi connectivity index (χ3v) is 3.78. The van der Waals surface area contributed by atoms with Crippen molar-refractivity contribution in [3.63, 3.8) is 0 Å². The zero-order chi connectivity index (χ0) is 16.3. The van der Waals surface area contributed by atoms with Crippen LogP contribution in [0.4, 0.5) is 0 Å².